The van der Waals surface area contributed by atoms with E-state index >= 15 is 0 Å². The van der Waals surface area contributed by atoms with Crippen LogP contribution < -0.4 is 14.2 Å². The van der Waals surface area contributed by atoms with Gasteiger partial charge < -0.3 is 29.0 Å². The van der Waals surface area contributed by atoms with E-state index in [1.54, 1.807) is 49.6 Å². The fourth-order valence-corrected chi connectivity index (χ4v) is 3.92. The van der Waals surface area contributed by atoms with Crippen molar-refractivity contribution in [2.24, 2.45) is 0 Å². The lowest BCUT2D eigenvalue weighted by Gasteiger charge is -2.25. The van der Waals surface area contributed by atoms with Crippen LogP contribution in [-0.4, -0.2) is 62.8 Å². The number of Topliss-reactive ketones (excluding diaryl/α,β-unsaturated/α-hetero) is 1. The molecule has 1 N–H and O–H groups in total. The molecule has 3 rings (SSSR count). The highest BCUT2D eigenvalue weighted by Crippen LogP contribution is 2.42. The van der Waals surface area contributed by atoms with Gasteiger partial charge in [-0.15, -0.1) is 0 Å². The second kappa shape index (κ2) is 10.9. The number of ketones is 1. The lowest BCUT2D eigenvalue weighted by atomic mass is 9.94. The second-order valence-corrected chi connectivity index (χ2v) is 7.41. The molecule has 176 valence electrons. The zero-order chi connectivity index (χ0) is 24.0. The van der Waals surface area contributed by atoms with Crippen molar-refractivity contribution in [1.82, 2.24) is 4.90 Å². The Labute approximate surface area is 193 Å². The van der Waals surface area contributed by atoms with Crippen LogP contribution in [0.2, 0.25) is 0 Å². The van der Waals surface area contributed by atoms with Crippen molar-refractivity contribution in [2.45, 2.75) is 19.4 Å². The number of benzene rings is 2. The summed E-state index contributed by atoms with van der Waals surface area (Å²) in [7, 11) is 4.55. The van der Waals surface area contributed by atoms with Gasteiger partial charge in [-0.05, 0) is 43.2 Å². The third kappa shape index (κ3) is 4.96. The Morgan fingerprint density at radius 3 is 2.48 bits per heavy atom. The zero-order valence-electron chi connectivity index (χ0n) is 19.3. The molecule has 8 heteroatoms. The normalized spacial score (nSPS) is 17.3. The number of hydrogen-bond donors (Lipinski definition) is 1. The van der Waals surface area contributed by atoms with Crippen molar-refractivity contribution in [3.8, 4) is 17.2 Å². The molecule has 0 aliphatic carbocycles. The van der Waals surface area contributed by atoms with Crippen LogP contribution >= 0.6 is 0 Å². The molecule has 0 radical (unpaired) electrons. The van der Waals surface area contributed by atoms with E-state index in [-0.39, 0.29) is 11.3 Å². The van der Waals surface area contributed by atoms with Crippen molar-refractivity contribution in [3.05, 3.63) is 59.2 Å². The van der Waals surface area contributed by atoms with Crippen molar-refractivity contribution >= 4 is 17.4 Å². The first kappa shape index (κ1) is 24.1. The fourth-order valence-electron chi connectivity index (χ4n) is 3.92. The van der Waals surface area contributed by atoms with Gasteiger partial charge in [0.2, 0.25) is 0 Å². The number of ether oxygens (including phenoxy) is 4. The van der Waals surface area contributed by atoms with Gasteiger partial charge in [-0.3, -0.25) is 9.59 Å². The molecule has 1 aliphatic heterocycles. The number of rotatable bonds is 10. The highest BCUT2D eigenvalue weighted by atomic mass is 16.5. The van der Waals surface area contributed by atoms with Gasteiger partial charge in [0.1, 0.15) is 23.0 Å². The number of hydrogen-bond acceptors (Lipinski definition) is 7. The predicted molar refractivity (Wildman–Crippen MR) is 123 cm³/mol. The Morgan fingerprint density at radius 2 is 1.82 bits per heavy atom. The topological polar surface area (TPSA) is 94.5 Å². The molecule has 1 atom stereocenters. The Balaban J connectivity index is 2.17. The number of methoxy groups -OCH3 is 3. The lowest BCUT2D eigenvalue weighted by molar-refractivity contribution is -0.140. The van der Waals surface area contributed by atoms with Crippen LogP contribution in [0.15, 0.2) is 48.0 Å². The average molecular weight is 456 g/mol. The minimum atomic E-state index is -0.783. The first-order valence-electron chi connectivity index (χ1n) is 10.7. The monoisotopic (exact) mass is 455 g/mol. The Hall–Kier alpha value is -3.52. The van der Waals surface area contributed by atoms with E-state index in [4.69, 9.17) is 18.9 Å². The Morgan fingerprint density at radius 1 is 1.03 bits per heavy atom. The van der Waals surface area contributed by atoms with E-state index in [9.17, 15) is 14.7 Å². The standard InChI is InChI=1S/C25H29NO7/c1-5-33-18-9-6-8-16(14-18)22-21(24(28)25(29)26(22)12-7-13-30-2)23(27)19-11-10-17(31-3)15-20(19)32-4/h6,8-11,14-15,22,27H,5,7,12-13H2,1-4H3/b23-21-. The van der Waals surface area contributed by atoms with E-state index in [1.807, 2.05) is 6.92 Å². The molecule has 33 heavy (non-hydrogen) atoms. The van der Waals surface area contributed by atoms with Crippen LogP contribution in [-0.2, 0) is 14.3 Å². The van der Waals surface area contributed by atoms with Gasteiger partial charge in [-0.1, -0.05) is 12.1 Å². The SMILES string of the molecule is CCOc1cccc(C2/C(=C(/O)c3ccc(OC)cc3OC)C(=O)C(=O)N2CCCOC)c1. The molecule has 0 spiro atoms. The van der Waals surface area contributed by atoms with Gasteiger partial charge in [0, 0.05) is 26.3 Å². The molecule has 2 aromatic rings. The van der Waals surface area contributed by atoms with Crippen LogP contribution in [0.25, 0.3) is 5.76 Å². The summed E-state index contributed by atoms with van der Waals surface area (Å²) in [5.41, 5.74) is 0.945. The van der Waals surface area contributed by atoms with Crippen LogP contribution in [0.5, 0.6) is 17.2 Å². The molecule has 8 nitrogen and oxygen atoms in total. The predicted octanol–water partition coefficient (Wildman–Crippen LogP) is 3.56. The first-order valence-corrected chi connectivity index (χ1v) is 10.7. The molecule has 1 aliphatic rings. The summed E-state index contributed by atoms with van der Waals surface area (Å²) in [5.74, 6) is -0.279. The van der Waals surface area contributed by atoms with Gasteiger partial charge in [0.05, 0.1) is 38.0 Å². The summed E-state index contributed by atoms with van der Waals surface area (Å²) >= 11 is 0. The van der Waals surface area contributed by atoms with Gasteiger partial charge in [0.15, 0.2) is 0 Å². The Bertz CT molecular complexity index is 1050. The largest absolute Gasteiger partial charge is 0.507 e. The molecule has 0 saturated carbocycles. The minimum absolute atomic E-state index is 0.00506. The molecular formula is C25H29NO7. The first-order chi connectivity index (χ1) is 16.0. The smallest absolute Gasteiger partial charge is 0.295 e. The maximum absolute atomic E-state index is 13.1. The zero-order valence-corrected chi connectivity index (χ0v) is 19.3. The minimum Gasteiger partial charge on any atom is -0.507 e. The molecule has 1 saturated heterocycles. The fraction of sp³-hybridized carbons (Fsp3) is 0.360. The summed E-state index contributed by atoms with van der Waals surface area (Å²) in [6.45, 7) is 3.07. The number of carbonyl (C=O) groups excluding carboxylic acids is 2. The van der Waals surface area contributed by atoms with E-state index in [0.717, 1.165) is 0 Å². The summed E-state index contributed by atoms with van der Waals surface area (Å²) in [4.78, 5) is 27.6. The highest BCUT2D eigenvalue weighted by Gasteiger charge is 2.46. The number of carbonyl (C=O) groups is 2. The van der Waals surface area contributed by atoms with Crippen molar-refractivity contribution in [1.29, 1.82) is 0 Å². The maximum atomic E-state index is 13.1. The molecular weight excluding hydrogens is 426 g/mol. The van der Waals surface area contributed by atoms with Gasteiger partial charge >= 0.3 is 0 Å². The number of aliphatic hydroxyl groups is 1. The molecule has 1 unspecified atom stereocenters. The van der Waals surface area contributed by atoms with Crippen molar-refractivity contribution in [3.63, 3.8) is 0 Å². The average Bonchev–Trinajstić information content (AvgIpc) is 3.08. The number of aliphatic hydroxyl groups excluding tert-OH is 1. The molecule has 2 aromatic carbocycles. The third-order valence-corrected chi connectivity index (χ3v) is 5.44. The van der Waals surface area contributed by atoms with Crippen LogP contribution in [0, 0.1) is 0 Å². The Kier molecular flexibility index (Phi) is 7.95. The summed E-state index contributed by atoms with van der Waals surface area (Å²) in [6.07, 6.45) is 0.539. The second-order valence-electron chi connectivity index (χ2n) is 7.41. The van der Waals surface area contributed by atoms with Crippen LogP contribution in [0.1, 0.15) is 30.5 Å². The molecule has 0 aromatic heterocycles. The van der Waals surface area contributed by atoms with Crippen LogP contribution in [0.3, 0.4) is 0 Å². The summed E-state index contributed by atoms with van der Waals surface area (Å²) in [5, 5.41) is 11.3. The summed E-state index contributed by atoms with van der Waals surface area (Å²) < 4.78 is 21.4. The van der Waals surface area contributed by atoms with E-state index in [0.29, 0.717) is 54.6 Å². The molecule has 1 heterocycles. The highest BCUT2D eigenvalue weighted by molar-refractivity contribution is 6.46. The van der Waals surface area contributed by atoms with Crippen LogP contribution in [0.4, 0.5) is 0 Å². The maximum Gasteiger partial charge on any atom is 0.295 e. The quantitative estimate of drug-likeness (QED) is 0.253. The van der Waals surface area contributed by atoms with E-state index in [2.05, 4.69) is 0 Å². The third-order valence-electron chi connectivity index (χ3n) is 5.44. The summed E-state index contributed by atoms with van der Waals surface area (Å²) in [6, 6.07) is 11.3. The van der Waals surface area contributed by atoms with Gasteiger partial charge in [-0.2, -0.15) is 0 Å². The van der Waals surface area contributed by atoms with Gasteiger partial charge in [-0.25, -0.2) is 0 Å². The van der Waals surface area contributed by atoms with Gasteiger partial charge in [0.25, 0.3) is 11.7 Å². The lowest BCUT2D eigenvalue weighted by Crippen LogP contribution is -2.31. The van der Waals surface area contributed by atoms with E-state index < -0.39 is 17.7 Å². The number of likely N-dealkylation sites (tertiary alicyclic amines) is 1. The molecule has 1 fully saturated rings. The van der Waals surface area contributed by atoms with Crippen molar-refractivity contribution in [2.75, 3.05) is 41.1 Å². The van der Waals surface area contributed by atoms with E-state index in [1.165, 1.54) is 19.1 Å². The van der Waals surface area contributed by atoms with Crippen molar-refractivity contribution < 1.29 is 33.6 Å². The number of nitrogens with zero attached hydrogens (tertiary/aromatic N) is 1. The molecule has 0 bridgehead atoms. The molecule has 1 amide bonds. The number of amides is 1.